The largest absolute Gasteiger partial charge is 0.366 e. The molecule has 16 heteroatoms. The summed E-state index contributed by atoms with van der Waals surface area (Å²) < 4.78 is 7.09. The van der Waals surface area contributed by atoms with Crippen LogP contribution >= 0.6 is 0 Å². The lowest BCUT2D eigenvalue weighted by Gasteiger charge is -2.11. The van der Waals surface area contributed by atoms with Crippen molar-refractivity contribution in [3.63, 3.8) is 0 Å². The van der Waals surface area contributed by atoms with E-state index in [1.54, 1.807) is 51.8 Å². The summed E-state index contributed by atoms with van der Waals surface area (Å²) in [6.07, 6.45) is 6.79. The highest BCUT2D eigenvalue weighted by Crippen LogP contribution is 2.26. The molecule has 0 atom stereocenters. The zero-order chi connectivity index (χ0) is 37.4. The average Bonchev–Trinajstić information content (AvgIpc) is 3.86. The summed E-state index contributed by atoms with van der Waals surface area (Å²) in [5.41, 5.74) is 17.3. The Balaban J connectivity index is 1.31. The molecule has 4 amide bonds. The van der Waals surface area contributed by atoms with E-state index >= 15 is 0 Å². The van der Waals surface area contributed by atoms with Gasteiger partial charge in [0.05, 0.1) is 33.5 Å². The lowest BCUT2D eigenvalue weighted by atomic mass is 10.0. The number of hydrogen-bond donors (Lipinski definition) is 4. The number of anilines is 2. The van der Waals surface area contributed by atoms with Crippen molar-refractivity contribution < 1.29 is 19.2 Å². The minimum absolute atomic E-state index is 0.283. The Bertz CT molecular complexity index is 2460. The highest BCUT2D eigenvalue weighted by molar-refractivity contribution is 6.05. The first-order valence-corrected chi connectivity index (χ1v) is 17.5. The Morgan fingerprint density at radius 1 is 0.774 bits per heavy atom. The Morgan fingerprint density at radius 2 is 1.36 bits per heavy atom. The van der Waals surface area contributed by atoms with E-state index in [-0.39, 0.29) is 17.8 Å². The standard InChI is InChI=1S/C37H40N12O4/c1-4-48-31-25(22(3)45-48)10-6-5-7-17-49-30(18-21(2)44-49)34(52)42-36-40-26-19-23(32(38)50)11-13-28(26)46(36)15-8-9-16-47-29-14-12-24(33(39)51)20-27(29)41-37(47)43-35(31)53/h8-9,11-14,18-20H,4-7,10,15-17H2,1-3H3,(H2,38,50)(H2,39,51)(H,40,42,52)(H,41,43,53)/b9-8-. The fourth-order valence-electron chi connectivity index (χ4n) is 6.85. The molecule has 5 heterocycles. The van der Waals surface area contributed by atoms with Gasteiger partial charge in [0.2, 0.25) is 23.7 Å². The molecule has 0 spiro atoms. The maximum Gasteiger partial charge on any atom is 0.276 e. The Morgan fingerprint density at radius 3 is 1.92 bits per heavy atom. The summed E-state index contributed by atoms with van der Waals surface area (Å²) in [5, 5.41) is 15.3. The van der Waals surface area contributed by atoms with Crippen molar-refractivity contribution in [3.05, 3.63) is 94.1 Å². The molecule has 2 aromatic carbocycles. The number of nitrogens with one attached hydrogen (secondary N) is 2. The van der Waals surface area contributed by atoms with E-state index in [2.05, 4.69) is 25.8 Å². The lowest BCUT2D eigenvalue weighted by Crippen LogP contribution is -2.21. The highest BCUT2D eigenvalue weighted by atomic mass is 16.2. The maximum atomic E-state index is 14.1. The quantitative estimate of drug-likeness (QED) is 0.195. The van der Waals surface area contributed by atoms with Crippen LogP contribution in [0.25, 0.3) is 22.1 Å². The number of hydrogen-bond acceptors (Lipinski definition) is 8. The zero-order valence-corrected chi connectivity index (χ0v) is 29.7. The van der Waals surface area contributed by atoms with E-state index in [0.29, 0.717) is 88.8 Å². The van der Waals surface area contributed by atoms with Gasteiger partial charge in [-0.25, -0.2) is 9.97 Å². The number of aryl methyl sites for hydroxylation is 4. The molecule has 0 saturated carbocycles. The normalized spacial score (nSPS) is 15.1. The third kappa shape index (κ3) is 6.78. The number of carbonyl (C=O) groups is 4. The van der Waals surface area contributed by atoms with Gasteiger partial charge in [-0.15, -0.1) is 0 Å². The van der Waals surface area contributed by atoms with Gasteiger partial charge in [0.25, 0.3) is 11.8 Å². The Kier molecular flexibility index (Phi) is 9.34. The van der Waals surface area contributed by atoms with Crippen LogP contribution < -0.4 is 22.1 Å². The number of primary amides is 2. The van der Waals surface area contributed by atoms with Crippen LogP contribution in [0.4, 0.5) is 11.9 Å². The second-order valence-corrected chi connectivity index (χ2v) is 13.0. The SMILES string of the molecule is CCn1nc(C)c2c1C(=O)Nc1nc3cc(C(N)=O)ccc3n1C/C=C\Cn1c(nc3cc(C(N)=O)ccc31)NC(=O)c1cc(C)nn1CCCCC2. The molecule has 16 nitrogen and oxygen atoms in total. The lowest BCUT2D eigenvalue weighted by molar-refractivity contribution is 0.0992. The number of imidazole rings is 2. The molecule has 0 radical (unpaired) electrons. The van der Waals surface area contributed by atoms with Crippen molar-refractivity contribution in [2.24, 2.45) is 11.5 Å². The molecule has 53 heavy (non-hydrogen) atoms. The molecule has 1 aliphatic rings. The van der Waals surface area contributed by atoms with Crippen LogP contribution in [0.15, 0.2) is 54.6 Å². The van der Waals surface area contributed by atoms with E-state index in [9.17, 15) is 19.2 Å². The fraction of sp³-hybridized carbons (Fsp3) is 0.297. The summed E-state index contributed by atoms with van der Waals surface area (Å²) in [6.45, 7) is 7.30. The average molecular weight is 717 g/mol. The number of allylic oxidation sites excluding steroid dienone is 2. The van der Waals surface area contributed by atoms with Crippen molar-refractivity contribution >= 4 is 57.6 Å². The third-order valence-electron chi connectivity index (χ3n) is 9.46. The van der Waals surface area contributed by atoms with E-state index in [0.717, 1.165) is 30.5 Å². The van der Waals surface area contributed by atoms with Gasteiger partial charge < -0.3 is 20.6 Å². The first-order valence-electron chi connectivity index (χ1n) is 17.5. The van der Waals surface area contributed by atoms with Gasteiger partial charge >= 0.3 is 0 Å². The van der Waals surface area contributed by atoms with Crippen LogP contribution in [-0.4, -0.2) is 62.3 Å². The summed E-state index contributed by atoms with van der Waals surface area (Å²) >= 11 is 0. The van der Waals surface area contributed by atoms with Gasteiger partial charge in [-0.2, -0.15) is 10.2 Å². The number of benzene rings is 2. The second-order valence-electron chi connectivity index (χ2n) is 13.0. The number of rotatable bonds is 3. The summed E-state index contributed by atoms with van der Waals surface area (Å²) in [4.78, 5) is 61.2. The predicted octanol–water partition coefficient (Wildman–Crippen LogP) is 4.10. The fourth-order valence-corrected chi connectivity index (χ4v) is 6.85. The highest BCUT2D eigenvalue weighted by Gasteiger charge is 2.24. The van der Waals surface area contributed by atoms with Gasteiger partial charge in [-0.1, -0.05) is 18.6 Å². The van der Waals surface area contributed by atoms with Gasteiger partial charge in [-0.3, -0.25) is 39.2 Å². The Labute approximate surface area is 303 Å². The molecule has 1 aliphatic heterocycles. The molecule has 4 aromatic heterocycles. The van der Waals surface area contributed by atoms with Crippen molar-refractivity contribution in [2.75, 3.05) is 10.6 Å². The third-order valence-corrected chi connectivity index (χ3v) is 9.46. The number of amides is 4. The number of fused-ring (bicyclic) bond motifs is 8. The molecular formula is C37H40N12O4. The molecule has 0 unspecified atom stereocenters. The van der Waals surface area contributed by atoms with Crippen LogP contribution in [-0.2, 0) is 32.6 Å². The summed E-state index contributed by atoms with van der Waals surface area (Å²) in [5.74, 6) is -1.31. The van der Waals surface area contributed by atoms with Crippen LogP contribution in [0.5, 0.6) is 0 Å². The molecule has 272 valence electrons. The molecular weight excluding hydrogens is 676 g/mol. The molecule has 0 aliphatic carbocycles. The van der Waals surface area contributed by atoms with Crippen molar-refractivity contribution in [3.8, 4) is 0 Å². The van der Waals surface area contributed by atoms with Crippen molar-refractivity contribution in [2.45, 2.75) is 72.6 Å². The molecule has 6 aromatic rings. The van der Waals surface area contributed by atoms with Gasteiger partial charge in [0.15, 0.2) is 0 Å². The number of aromatic nitrogens is 8. The Hall–Kier alpha value is -6.58. The number of nitrogens with zero attached hydrogens (tertiary/aromatic N) is 8. The second kappa shape index (κ2) is 14.2. The maximum absolute atomic E-state index is 14.1. The topological polar surface area (TPSA) is 216 Å². The van der Waals surface area contributed by atoms with Gasteiger partial charge in [0.1, 0.15) is 11.4 Å². The molecule has 0 bridgehead atoms. The molecule has 6 N–H and O–H groups in total. The molecule has 0 fully saturated rings. The minimum Gasteiger partial charge on any atom is -0.366 e. The van der Waals surface area contributed by atoms with Crippen LogP contribution in [0.3, 0.4) is 0 Å². The monoisotopic (exact) mass is 716 g/mol. The van der Waals surface area contributed by atoms with E-state index in [1.807, 2.05) is 42.1 Å². The van der Waals surface area contributed by atoms with E-state index in [4.69, 9.17) is 16.5 Å². The zero-order valence-electron chi connectivity index (χ0n) is 29.7. The first-order chi connectivity index (χ1) is 25.5. The van der Waals surface area contributed by atoms with Gasteiger partial charge in [0, 0.05) is 42.9 Å². The summed E-state index contributed by atoms with van der Waals surface area (Å²) in [6, 6.07) is 11.7. The first kappa shape index (κ1) is 34.9. The van der Waals surface area contributed by atoms with E-state index in [1.165, 1.54) is 0 Å². The van der Waals surface area contributed by atoms with Crippen LogP contribution in [0.2, 0.25) is 0 Å². The number of nitrogens with two attached hydrogens (primary N) is 2. The smallest absolute Gasteiger partial charge is 0.276 e. The predicted molar refractivity (Wildman–Crippen MR) is 199 cm³/mol. The van der Waals surface area contributed by atoms with Gasteiger partial charge in [-0.05, 0) is 82.5 Å². The molecule has 0 saturated heterocycles. The van der Waals surface area contributed by atoms with E-state index < -0.39 is 11.8 Å². The van der Waals surface area contributed by atoms with Crippen molar-refractivity contribution in [1.29, 1.82) is 0 Å². The minimum atomic E-state index is -0.588. The van der Waals surface area contributed by atoms with Crippen LogP contribution in [0, 0.1) is 13.8 Å². The van der Waals surface area contributed by atoms with Crippen LogP contribution in [0.1, 0.15) is 84.8 Å². The number of carbonyl (C=O) groups excluding carboxylic acids is 4. The summed E-state index contributed by atoms with van der Waals surface area (Å²) in [7, 11) is 0. The molecule has 7 rings (SSSR count). The van der Waals surface area contributed by atoms with Crippen molar-refractivity contribution in [1.82, 2.24) is 38.7 Å².